The normalized spacial score (nSPS) is 10.9. The number of rotatable bonds is 3. The summed E-state index contributed by atoms with van der Waals surface area (Å²) in [6.45, 7) is 1.35. The minimum Gasteiger partial charge on any atom is -0.298 e. The maximum Gasteiger partial charge on any atom is 0.154 e. The number of halogens is 3. The van der Waals surface area contributed by atoms with Gasteiger partial charge in [0.1, 0.15) is 17.3 Å². The van der Waals surface area contributed by atoms with Gasteiger partial charge in [0, 0.05) is 28.8 Å². The van der Waals surface area contributed by atoms with E-state index in [1.165, 1.54) is 23.7 Å². The molecule has 0 spiro atoms. The van der Waals surface area contributed by atoms with Crippen LogP contribution >= 0.6 is 11.6 Å². The first kappa shape index (κ1) is 16.3. The highest BCUT2D eigenvalue weighted by atomic mass is 35.5. The van der Waals surface area contributed by atoms with E-state index >= 15 is 0 Å². The van der Waals surface area contributed by atoms with Crippen LogP contribution in [0.15, 0.2) is 36.4 Å². The van der Waals surface area contributed by atoms with E-state index < -0.39 is 11.6 Å². The summed E-state index contributed by atoms with van der Waals surface area (Å²) in [5.74, 6) is -1.36. The summed E-state index contributed by atoms with van der Waals surface area (Å²) in [5.41, 5.74) is 1.66. The van der Waals surface area contributed by atoms with Crippen molar-refractivity contribution in [2.75, 3.05) is 0 Å². The molecular weight excluding hydrogens is 334 g/mol. The van der Waals surface area contributed by atoms with Crippen molar-refractivity contribution < 1.29 is 13.6 Å². The maximum absolute atomic E-state index is 14.4. The van der Waals surface area contributed by atoms with Gasteiger partial charge in [-0.2, -0.15) is 5.10 Å². The first-order valence-electron chi connectivity index (χ1n) is 7.17. The molecule has 122 valence electrons. The fraction of sp³-hybridized carbons (Fsp3) is 0.111. The number of nitrogens with zero attached hydrogens (tertiary/aromatic N) is 2. The number of aromatic nitrogens is 2. The molecule has 0 radical (unpaired) electrons. The lowest BCUT2D eigenvalue weighted by Crippen LogP contribution is -1.95. The molecule has 3 nitrogen and oxygen atoms in total. The van der Waals surface area contributed by atoms with Crippen molar-refractivity contribution in [2.45, 2.75) is 6.92 Å². The zero-order chi connectivity index (χ0) is 17.4. The third-order valence-corrected chi connectivity index (χ3v) is 4.15. The predicted molar refractivity (Wildman–Crippen MR) is 89.1 cm³/mol. The third-order valence-electron chi connectivity index (χ3n) is 3.89. The molecule has 0 amide bonds. The molecule has 0 saturated heterocycles. The van der Waals surface area contributed by atoms with Crippen molar-refractivity contribution in [3.63, 3.8) is 0 Å². The van der Waals surface area contributed by atoms with Gasteiger partial charge in [0.15, 0.2) is 6.29 Å². The maximum atomic E-state index is 14.4. The summed E-state index contributed by atoms with van der Waals surface area (Å²) in [6, 6.07) is 9.35. The van der Waals surface area contributed by atoms with Crippen LogP contribution in [0, 0.1) is 18.6 Å². The Kier molecular flexibility index (Phi) is 4.20. The summed E-state index contributed by atoms with van der Waals surface area (Å²) in [5, 5.41) is 4.84. The van der Waals surface area contributed by atoms with Crippen LogP contribution in [-0.2, 0) is 7.05 Å². The van der Waals surface area contributed by atoms with E-state index in [1.807, 2.05) is 0 Å². The molecule has 6 heteroatoms. The van der Waals surface area contributed by atoms with Crippen molar-refractivity contribution in [3.05, 3.63) is 64.2 Å². The second kappa shape index (κ2) is 6.17. The quantitative estimate of drug-likeness (QED) is 0.638. The SMILES string of the molecule is Cc1c(F)ccc(-c2nn(C)c(-c3ccc(Cl)cc3)c2C=O)c1F. The fourth-order valence-electron chi connectivity index (χ4n) is 2.65. The van der Waals surface area contributed by atoms with Crippen molar-refractivity contribution in [1.29, 1.82) is 0 Å². The molecule has 0 bridgehead atoms. The summed E-state index contributed by atoms with van der Waals surface area (Å²) >= 11 is 5.89. The molecule has 0 fully saturated rings. The molecular formula is C18H13ClF2N2O. The zero-order valence-electron chi connectivity index (χ0n) is 13.0. The van der Waals surface area contributed by atoms with E-state index in [-0.39, 0.29) is 22.4 Å². The third kappa shape index (κ3) is 2.61. The average molecular weight is 347 g/mol. The number of aryl methyl sites for hydroxylation is 1. The number of benzene rings is 2. The lowest BCUT2D eigenvalue weighted by molar-refractivity contribution is 0.112. The predicted octanol–water partition coefficient (Wildman–Crippen LogP) is 4.81. The van der Waals surface area contributed by atoms with Crippen LogP contribution in [0.4, 0.5) is 8.78 Å². The molecule has 0 aliphatic carbocycles. The lowest BCUT2D eigenvalue weighted by atomic mass is 10.0. The van der Waals surface area contributed by atoms with E-state index in [2.05, 4.69) is 5.10 Å². The van der Waals surface area contributed by atoms with Crippen LogP contribution in [0.1, 0.15) is 15.9 Å². The topological polar surface area (TPSA) is 34.9 Å². The molecule has 3 aromatic rings. The molecule has 0 aliphatic rings. The standard InChI is InChI=1S/C18H13ClF2N2O/c1-10-15(20)8-7-13(16(10)21)17-14(9-24)18(23(2)22-17)11-3-5-12(19)6-4-11/h3-9H,1-2H3. The molecule has 0 unspecified atom stereocenters. The number of aldehydes is 1. The van der Waals surface area contributed by atoms with Gasteiger partial charge in [-0.1, -0.05) is 23.7 Å². The van der Waals surface area contributed by atoms with Crippen molar-refractivity contribution in [1.82, 2.24) is 9.78 Å². The van der Waals surface area contributed by atoms with Crippen molar-refractivity contribution >= 4 is 17.9 Å². The molecule has 2 aromatic carbocycles. The first-order chi connectivity index (χ1) is 11.4. The van der Waals surface area contributed by atoms with Crippen LogP contribution in [0.2, 0.25) is 5.02 Å². The van der Waals surface area contributed by atoms with E-state index in [9.17, 15) is 13.6 Å². The summed E-state index contributed by atoms with van der Waals surface area (Å²) in [6.07, 6.45) is 0.629. The van der Waals surface area contributed by atoms with Crippen molar-refractivity contribution in [3.8, 4) is 22.5 Å². The highest BCUT2D eigenvalue weighted by Gasteiger charge is 2.22. The monoisotopic (exact) mass is 346 g/mol. The summed E-state index contributed by atoms with van der Waals surface area (Å²) in [7, 11) is 1.66. The van der Waals surface area contributed by atoms with Gasteiger partial charge in [-0.15, -0.1) is 0 Å². The highest BCUT2D eigenvalue weighted by molar-refractivity contribution is 6.30. The number of hydrogen-bond acceptors (Lipinski definition) is 2. The second-order valence-corrected chi connectivity index (χ2v) is 5.83. The molecule has 0 saturated carbocycles. The Labute approximate surface area is 142 Å². The highest BCUT2D eigenvalue weighted by Crippen LogP contribution is 2.33. The average Bonchev–Trinajstić information content (AvgIpc) is 2.90. The minimum atomic E-state index is -0.723. The Balaban J connectivity index is 2.25. The van der Waals surface area contributed by atoms with E-state index in [4.69, 9.17) is 11.6 Å². The Morgan fingerprint density at radius 2 is 1.79 bits per heavy atom. The Bertz CT molecular complexity index is 933. The van der Waals surface area contributed by atoms with Gasteiger partial charge in [0.25, 0.3) is 0 Å². The van der Waals surface area contributed by atoms with Gasteiger partial charge in [-0.25, -0.2) is 8.78 Å². The van der Waals surface area contributed by atoms with Gasteiger partial charge in [-0.05, 0) is 31.2 Å². The van der Waals surface area contributed by atoms with Gasteiger partial charge in [-0.3, -0.25) is 9.48 Å². The molecule has 0 atom stereocenters. The van der Waals surface area contributed by atoms with Gasteiger partial charge >= 0.3 is 0 Å². The molecule has 1 heterocycles. The Morgan fingerprint density at radius 3 is 2.42 bits per heavy atom. The Hall–Kier alpha value is -2.53. The smallest absolute Gasteiger partial charge is 0.154 e. The van der Waals surface area contributed by atoms with E-state index in [1.54, 1.807) is 31.3 Å². The molecule has 24 heavy (non-hydrogen) atoms. The van der Waals surface area contributed by atoms with Crippen molar-refractivity contribution in [2.24, 2.45) is 7.05 Å². The largest absolute Gasteiger partial charge is 0.298 e. The van der Waals surface area contributed by atoms with E-state index in [0.717, 1.165) is 5.56 Å². The molecule has 1 aromatic heterocycles. The number of carbonyl (C=O) groups is 1. The summed E-state index contributed by atoms with van der Waals surface area (Å²) in [4.78, 5) is 11.7. The fourth-order valence-corrected chi connectivity index (χ4v) is 2.77. The second-order valence-electron chi connectivity index (χ2n) is 5.39. The van der Waals surface area contributed by atoms with Gasteiger partial charge < -0.3 is 0 Å². The molecule has 3 rings (SSSR count). The van der Waals surface area contributed by atoms with E-state index in [0.29, 0.717) is 17.0 Å². The first-order valence-corrected chi connectivity index (χ1v) is 7.55. The number of carbonyl (C=O) groups excluding carboxylic acids is 1. The molecule has 0 aliphatic heterocycles. The number of hydrogen-bond donors (Lipinski definition) is 0. The molecule has 0 N–H and O–H groups in total. The van der Waals surface area contributed by atoms with Gasteiger partial charge in [0.2, 0.25) is 0 Å². The Morgan fingerprint density at radius 1 is 1.12 bits per heavy atom. The van der Waals surface area contributed by atoms with Gasteiger partial charge in [0.05, 0.1) is 11.3 Å². The van der Waals surface area contributed by atoms with Crippen LogP contribution in [0.5, 0.6) is 0 Å². The van der Waals surface area contributed by atoms with Crippen LogP contribution < -0.4 is 0 Å². The van der Waals surface area contributed by atoms with Crippen LogP contribution in [-0.4, -0.2) is 16.1 Å². The summed E-state index contributed by atoms with van der Waals surface area (Å²) < 4.78 is 29.4. The zero-order valence-corrected chi connectivity index (χ0v) is 13.7. The van der Waals surface area contributed by atoms with Crippen LogP contribution in [0.25, 0.3) is 22.5 Å². The van der Waals surface area contributed by atoms with Crippen LogP contribution in [0.3, 0.4) is 0 Å². The minimum absolute atomic E-state index is 0.0896. The lowest BCUT2D eigenvalue weighted by Gasteiger charge is -2.05.